The summed E-state index contributed by atoms with van der Waals surface area (Å²) in [6.07, 6.45) is 3.41. The van der Waals surface area contributed by atoms with Crippen LogP contribution in [0.2, 0.25) is 10.0 Å². The van der Waals surface area contributed by atoms with Crippen LogP contribution < -0.4 is 10.1 Å². The average Bonchev–Trinajstić information content (AvgIpc) is 2.79. The number of aliphatic hydroxyl groups is 1. The first-order valence-corrected chi connectivity index (χ1v) is 11.0. The summed E-state index contributed by atoms with van der Waals surface area (Å²) in [5.41, 5.74) is 3.14. The van der Waals surface area contributed by atoms with E-state index in [4.69, 9.17) is 27.9 Å². The fourth-order valence-corrected chi connectivity index (χ4v) is 4.18. The molecule has 1 aliphatic carbocycles. The molecule has 3 aromatic rings. The maximum absolute atomic E-state index is 11.3. The van der Waals surface area contributed by atoms with Crippen molar-refractivity contribution in [2.24, 2.45) is 0 Å². The number of aromatic nitrogens is 1. The van der Waals surface area contributed by atoms with Gasteiger partial charge >= 0.3 is 5.97 Å². The molecule has 1 heterocycles. The molecule has 0 radical (unpaired) electrons. The Hall–Kier alpha value is -2.35. The number of aromatic carboxylic acids is 1. The van der Waals surface area contributed by atoms with E-state index in [9.17, 15) is 15.0 Å². The minimum Gasteiger partial charge on any atom is -0.478 e. The number of benzene rings is 2. The van der Waals surface area contributed by atoms with Gasteiger partial charge in [0.1, 0.15) is 10.8 Å². The third-order valence-corrected chi connectivity index (χ3v) is 6.18. The van der Waals surface area contributed by atoms with Crippen molar-refractivity contribution in [3.8, 4) is 11.6 Å². The molecule has 0 saturated carbocycles. The highest BCUT2D eigenvalue weighted by atomic mass is 35.5. The van der Waals surface area contributed by atoms with Crippen molar-refractivity contribution in [2.75, 3.05) is 6.54 Å². The second kappa shape index (κ2) is 11.2. The number of ether oxygens (including phenoxy) is 1. The van der Waals surface area contributed by atoms with Gasteiger partial charge in [-0.25, -0.2) is 9.78 Å². The third-order valence-electron chi connectivity index (χ3n) is 5.56. The molecule has 0 amide bonds. The Balaban J connectivity index is 0.00000306. The molecule has 6 nitrogen and oxygen atoms in total. The molecule has 1 aliphatic rings. The van der Waals surface area contributed by atoms with Crippen LogP contribution in [0, 0.1) is 0 Å². The van der Waals surface area contributed by atoms with Crippen molar-refractivity contribution in [1.29, 1.82) is 0 Å². The highest BCUT2D eigenvalue weighted by Crippen LogP contribution is 2.32. The first-order valence-electron chi connectivity index (χ1n) is 10.2. The van der Waals surface area contributed by atoms with Crippen molar-refractivity contribution in [3.63, 3.8) is 0 Å². The van der Waals surface area contributed by atoms with Crippen LogP contribution in [0.3, 0.4) is 0 Å². The van der Waals surface area contributed by atoms with E-state index in [-0.39, 0.29) is 34.9 Å². The van der Waals surface area contributed by atoms with Gasteiger partial charge in [-0.2, -0.15) is 0 Å². The molecule has 3 N–H and O–H groups in total. The summed E-state index contributed by atoms with van der Waals surface area (Å²) in [5.74, 6) is -0.534. The van der Waals surface area contributed by atoms with Crippen molar-refractivity contribution in [1.82, 2.24) is 10.3 Å². The van der Waals surface area contributed by atoms with Gasteiger partial charge in [0.15, 0.2) is 0 Å². The van der Waals surface area contributed by atoms with E-state index in [1.807, 2.05) is 30.3 Å². The van der Waals surface area contributed by atoms with E-state index >= 15 is 0 Å². The minimum atomic E-state index is -1.14. The highest BCUT2D eigenvalue weighted by molar-refractivity contribution is 6.34. The predicted molar refractivity (Wildman–Crippen MR) is 130 cm³/mol. The normalized spacial score (nSPS) is 15.8. The summed E-state index contributed by atoms with van der Waals surface area (Å²) < 4.78 is 5.79. The van der Waals surface area contributed by atoms with Crippen LogP contribution in [-0.4, -0.2) is 33.8 Å². The van der Waals surface area contributed by atoms with Gasteiger partial charge in [0, 0.05) is 23.8 Å². The van der Waals surface area contributed by atoms with E-state index in [1.54, 1.807) is 12.1 Å². The van der Waals surface area contributed by atoms with E-state index in [2.05, 4.69) is 10.3 Å². The Morgan fingerprint density at radius 3 is 2.64 bits per heavy atom. The summed E-state index contributed by atoms with van der Waals surface area (Å²) >= 11 is 12.1. The molecule has 9 heteroatoms. The number of pyridine rings is 1. The third kappa shape index (κ3) is 6.16. The number of nitrogens with one attached hydrogen (secondary N) is 1. The minimum absolute atomic E-state index is 0. The molecule has 2 atom stereocenters. The summed E-state index contributed by atoms with van der Waals surface area (Å²) in [5, 5.41) is 23.7. The fourth-order valence-electron chi connectivity index (χ4n) is 3.82. The average molecular weight is 510 g/mol. The van der Waals surface area contributed by atoms with Gasteiger partial charge in [-0.1, -0.05) is 41.4 Å². The summed E-state index contributed by atoms with van der Waals surface area (Å²) in [6, 6.07) is 14.5. The SMILES string of the molecule is Cl.O=C(O)c1ccnc(Oc2ccc3c(c2)C[C@@H](NC[C@@H](O)c2ccc(Cl)cc2)CC3)c1Cl. The Kier molecular flexibility index (Phi) is 8.57. The molecule has 0 unspecified atom stereocenters. The number of hydrogen-bond acceptors (Lipinski definition) is 5. The summed E-state index contributed by atoms with van der Waals surface area (Å²) in [7, 11) is 0. The molecule has 0 bridgehead atoms. The van der Waals surface area contributed by atoms with Crippen molar-refractivity contribution in [3.05, 3.63) is 87.0 Å². The van der Waals surface area contributed by atoms with Gasteiger partial charge < -0.3 is 20.3 Å². The first kappa shape index (κ1) is 25.3. The van der Waals surface area contributed by atoms with E-state index in [1.165, 1.54) is 17.8 Å². The topological polar surface area (TPSA) is 91.7 Å². The molecule has 4 rings (SSSR count). The van der Waals surface area contributed by atoms with E-state index < -0.39 is 12.1 Å². The van der Waals surface area contributed by atoms with Crippen LogP contribution in [0.15, 0.2) is 54.7 Å². The maximum atomic E-state index is 11.3. The summed E-state index contributed by atoms with van der Waals surface area (Å²) in [6.45, 7) is 0.444. The van der Waals surface area contributed by atoms with Gasteiger partial charge in [0.2, 0.25) is 5.88 Å². The van der Waals surface area contributed by atoms with Crippen LogP contribution in [0.25, 0.3) is 0 Å². The lowest BCUT2D eigenvalue weighted by molar-refractivity contribution is 0.0696. The Morgan fingerprint density at radius 2 is 1.91 bits per heavy atom. The quantitative estimate of drug-likeness (QED) is 0.391. The van der Waals surface area contributed by atoms with E-state index in [0.29, 0.717) is 17.3 Å². The Bertz CT molecular complexity index is 1130. The Morgan fingerprint density at radius 1 is 1.15 bits per heavy atom. The van der Waals surface area contributed by atoms with Crippen LogP contribution in [0.1, 0.15) is 39.6 Å². The Labute approximate surface area is 207 Å². The van der Waals surface area contributed by atoms with Crippen molar-refractivity contribution < 1.29 is 19.7 Å². The molecular formula is C24H23Cl3N2O4. The molecule has 0 aliphatic heterocycles. The second-order valence-corrected chi connectivity index (χ2v) is 8.55. The number of carbonyl (C=O) groups is 1. The second-order valence-electron chi connectivity index (χ2n) is 7.73. The van der Waals surface area contributed by atoms with Crippen LogP contribution in [0.4, 0.5) is 0 Å². The molecule has 33 heavy (non-hydrogen) atoms. The van der Waals surface area contributed by atoms with Crippen LogP contribution in [-0.2, 0) is 12.8 Å². The molecule has 1 aromatic heterocycles. The molecule has 2 aromatic carbocycles. The highest BCUT2D eigenvalue weighted by Gasteiger charge is 2.21. The van der Waals surface area contributed by atoms with Gasteiger partial charge in [0.25, 0.3) is 0 Å². The van der Waals surface area contributed by atoms with Crippen LogP contribution in [0.5, 0.6) is 11.6 Å². The smallest absolute Gasteiger partial charge is 0.337 e. The molecule has 174 valence electrons. The van der Waals surface area contributed by atoms with Crippen molar-refractivity contribution in [2.45, 2.75) is 31.4 Å². The van der Waals surface area contributed by atoms with Gasteiger partial charge in [-0.15, -0.1) is 12.4 Å². The number of halogens is 3. The maximum Gasteiger partial charge on any atom is 0.337 e. The monoisotopic (exact) mass is 508 g/mol. The lowest BCUT2D eigenvalue weighted by Gasteiger charge is -2.27. The molecule has 0 spiro atoms. The number of carboxylic acids is 1. The van der Waals surface area contributed by atoms with E-state index in [0.717, 1.165) is 30.4 Å². The molecule has 0 fully saturated rings. The largest absolute Gasteiger partial charge is 0.478 e. The zero-order valence-corrected chi connectivity index (χ0v) is 19.8. The lowest BCUT2D eigenvalue weighted by atomic mass is 9.88. The number of hydrogen-bond donors (Lipinski definition) is 3. The lowest BCUT2D eigenvalue weighted by Crippen LogP contribution is -2.37. The zero-order valence-electron chi connectivity index (χ0n) is 17.5. The fraction of sp³-hybridized carbons (Fsp3) is 0.250. The van der Waals surface area contributed by atoms with Crippen molar-refractivity contribution >= 4 is 41.6 Å². The van der Waals surface area contributed by atoms with Gasteiger partial charge in [0.05, 0.1) is 11.7 Å². The number of aryl methyl sites for hydroxylation is 1. The van der Waals surface area contributed by atoms with Gasteiger partial charge in [-0.3, -0.25) is 0 Å². The first-order chi connectivity index (χ1) is 15.4. The van der Waals surface area contributed by atoms with Gasteiger partial charge in [-0.05, 0) is 66.3 Å². The zero-order chi connectivity index (χ0) is 22.7. The van der Waals surface area contributed by atoms with Crippen LogP contribution >= 0.6 is 35.6 Å². The number of fused-ring (bicyclic) bond motifs is 1. The molecular weight excluding hydrogens is 487 g/mol. The number of nitrogens with zero attached hydrogens (tertiary/aromatic N) is 1. The number of rotatable bonds is 7. The standard InChI is InChI=1S/C24H22Cl2N2O4.ClH/c25-17-5-1-15(2-6-17)21(29)13-28-18-7-3-14-4-8-19(12-16(14)11-18)32-23-22(26)20(24(30)31)9-10-27-23;/h1-2,4-6,8-10,12,18,21,28-29H,3,7,11,13H2,(H,30,31);1H/t18-,21+;/m0./s1. The number of aliphatic hydroxyl groups excluding tert-OH is 1. The predicted octanol–water partition coefficient (Wildman–Crippen LogP) is 5.48. The summed E-state index contributed by atoms with van der Waals surface area (Å²) in [4.78, 5) is 15.3. The number of carboxylic acid groups (broad SMARTS) is 1. The molecule has 0 saturated heterocycles.